The maximum atomic E-state index is 13.9. The zero-order valence-corrected chi connectivity index (χ0v) is 62.8. The summed E-state index contributed by atoms with van der Waals surface area (Å²) in [7, 11) is 0. The molecule has 6 aromatic carbocycles. The lowest BCUT2D eigenvalue weighted by molar-refractivity contribution is -0.143. The SMILES string of the molecule is CCCCCCCCOc1ccc(-c2c3nc(c(-c4ccc(OCCCCCCCC)cc4)c4ccc([nH]4)c(-c4ccc(OC(=O)[C@H](C)OC(=O)c5ccc(N6C[C@@H]7[C@H](C6)[C@@H](/C=C/c6ccccc6)C[C@H]7C)cc5)cc4)c4nc(c(-c5ccc(OCCCCCCCC)cc5)c5ccc2[nH]5)C=C4)C=C3)cc1. The minimum atomic E-state index is -1.18. The van der Waals surface area contributed by atoms with Crippen LogP contribution in [-0.4, -0.2) is 70.9 Å². The largest absolute Gasteiger partial charge is 0.494 e. The van der Waals surface area contributed by atoms with Gasteiger partial charge < -0.3 is 38.6 Å². The summed E-state index contributed by atoms with van der Waals surface area (Å²) in [6.45, 7) is 14.7. The second-order valence-electron chi connectivity index (χ2n) is 29.3. The first-order valence-electron chi connectivity index (χ1n) is 39.5. The van der Waals surface area contributed by atoms with Crippen LogP contribution in [0.3, 0.4) is 0 Å². The molecule has 0 radical (unpaired) electrons. The summed E-state index contributed by atoms with van der Waals surface area (Å²) in [5.41, 5.74) is 16.6. The van der Waals surface area contributed by atoms with Gasteiger partial charge in [0.1, 0.15) is 23.0 Å². The van der Waals surface area contributed by atoms with Gasteiger partial charge >= 0.3 is 11.9 Å². The van der Waals surface area contributed by atoms with E-state index in [1.165, 1.54) is 89.0 Å². The molecule has 9 aromatic rings. The summed E-state index contributed by atoms with van der Waals surface area (Å²) in [6, 6.07) is 59.3. The first-order valence-corrected chi connectivity index (χ1v) is 39.5. The molecule has 548 valence electrons. The van der Waals surface area contributed by atoms with E-state index in [0.29, 0.717) is 54.8 Å². The van der Waals surface area contributed by atoms with Gasteiger partial charge in [-0.2, -0.15) is 0 Å². The van der Waals surface area contributed by atoms with E-state index in [1.54, 1.807) is 31.2 Å². The fourth-order valence-corrected chi connectivity index (χ4v) is 15.7. The van der Waals surface area contributed by atoms with Crippen LogP contribution in [0.2, 0.25) is 0 Å². The third-order valence-corrected chi connectivity index (χ3v) is 21.6. The van der Waals surface area contributed by atoms with E-state index in [0.717, 1.165) is 164 Å². The summed E-state index contributed by atoms with van der Waals surface area (Å²) < 4.78 is 30.8. The van der Waals surface area contributed by atoms with Gasteiger partial charge in [-0.1, -0.05) is 215 Å². The van der Waals surface area contributed by atoms with E-state index in [4.69, 9.17) is 33.7 Å². The van der Waals surface area contributed by atoms with Crippen molar-refractivity contribution in [2.24, 2.45) is 23.7 Å². The molecule has 1 saturated heterocycles. The molecule has 4 aliphatic rings. The number of esters is 2. The highest BCUT2D eigenvalue weighted by Gasteiger charge is 2.45. The van der Waals surface area contributed by atoms with Gasteiger partial charge in [0.05, 0.1) is 48.2 Å². The Kier molecular flexibility index (Phi) is 25.6. The van der Waals surface area contributed by atoms with Crippen molar-refractivity contribution in [3.63, 3.8) is 0 Å². The molecule has 3 aliphatic heterocycles. The highest BCUT2D eigenvalue weighted by Crippen LogP contribution is 2.48. The number of benzene rings is 6. The van der Waals surface area contributed by atoms with Gasteiger partial charge in [-0.3, -0.25) is 0 Å². The van der Waals surface area contributed by atoms with Gasteiger partial charge in [0, 0.05) is 63.1 Å². The summed E-state index contributed by atoms with van der Waals surface area (Å²) >= 11 is 0. The second-order valence-corrected chi connectivity index (χ2v) is 29.3. The molecule has 2 N–H and O–H groups in total. The average Bonchev–Trinajstić information content (AvgIpc) is 1.61. The van der Waals surface area contributed by atoms with Gasteiger partial charge in [-0.15, -0.1) is 0 Å². The van der Waals surface area contributed by atoms with E-state index < -0.39 is 18.0 Å². The number of carbonyl (C=O) groups is 2. The Morgan fingerprint density at radius 1 is 0.453 bits per heavy atom. The predicted molar refractivity (Wildman–Crippen MR) is 436 cm³/mol. The molecule has 12 nitrogen and oxygen atoms in total. The van der Waals surface area contributed by atoms with Crippen LogP contribution in [0.25, 0.3) is 97.0 Å². The van der Waals surface area contributed by atoms with Crippen LogP contribution < -0.4 is 23.8 Å². The molecule has 1 aliphatic carbocycles. The Labute approximate surface area is 627 Å². The van der Waals surface area contributed by atoms with Crippen LogP contribution >= 0.6 is 0 Å². The summed E-state index contributed by atoms with van der Waals surface area (Å²) in [6.07, 6.45) is 34.6. The summed E-state index contributed by atoms with van der Waals surface area (Å²) in [4.78, 5) is 49.0. The first kappa shape index (κ1) is 74.1. The lowest BCUT2D eigenvalue weighted by Crippen LogP contribution is -2.28. The highest BCUT2D eigenvalue weighted by atomic mass is 16.6. The van der Waals surface area contributed by atoms with Crippen molar-refractivity contribution in [2.75, 3.05) is 37.8 Å². The average molecular weight is 1420 g/mol. The number of allylic oxidation sites excluding steroid dienone is 1. The summed E-state index contributed by atoms with van der Waals surface area (Å²) in [5, 5.41) is 0. The smallest absolute Gasteiger partial charge is 0.352 e. The molecule has 106 heavy (non-hydrogen) atoms. The topological polar surface area (TPSA) is 141 Å². The fourth-order valence-electron chi connectivity index (χ4n) is 15.7. The van der Waals surface area contributed by atoms with Crippen molar-refractivity contribution in [1.82, 2.24) is 19.9 Å². The van der Waals surface area contributed by atoms with Crippen LogP contribution in [0.5, 0.6) is 23.0 Å². The number of nitrogens with one attached hydrogen (secondary N) is 2. The Balaban J connectivity index is 0.819. The normalized spacial score (nSPS) is 16.2. The van der Waals surface area contributed by atoms with Gasteiger partial charge in [0.2, 0.25) is 0 Å². The number of aromatic nitrogens is 4. The van der Waals surface area contributed by atoms with Crippen LogP contribution in [-0.2, 0) is 9.53 Å². The number of aromatic amines is 2. The predicted octanol–water partition coefficient (Wildman–Crippen LogP) is 24.1. The number of rotatable bonds is 35. The molecule has 5 atom stereocenters. The molecule has 8 bridgehead atoms. The van der Waals surface area contributed by atoms with Crippen molar-refractivity contribution in [2.45, 2.75) is 163 Å². The van der Waals surface area contributed by atoms with Gasteiger partial charge in [0.15, 0.2) is 6.10 Å². The van der Waals surface area contributed by atoms with E-state index in [-0.39, 0.29) is 0 Å². The van der Waals surface area contributed by atoms with Crippen LogP contribution in [0, 0.1) is 23.7 Å². The number of fused-ring (bicyclic) bond motifs is 9. The molecule has 6 heterocycles. The third-order valence-electron chi connectivity index (χ3n) is 21.6. The number of unbranched alkanes of at least 4 members (excludes halogenated alkanes) is 15. The number of nitrogens with zero attached hydrogens (tertiary/aromatic N) is 3. The van der Waals surface area contributed by atoms with Gasteiger partial charge in [0.25, 0.3) is 0 Å². The quantitative estimate of drug-likeness (QED) is 0.0224. The number of hydrogen-bond acceptors (Lipinski definition) is 10. The van der Waals surface area contributed by atoms with Crippen molar-refractivity contribution in [1.29, 1.82) is 0 Å². The Hall–Kier alpha value is -10.2. The van der Waals surface area contributed by atoms with Crippen molar-refractivity contribution >= 4 is 70.1 Å². The van der Waals surface area contributed by atoms with Crippen molar-refractivity contribution < 1.29 is 33.3 Å². The molecule has 1 saturated carbocycles. The van der Waals surface area contributed by atoms with Crippen molar-refractivity contribution in [3.05, 3.63) is 216 Å². The van der Waals surface area contributed by atoms with Crippen LogP contribution in [0.1, 0.15) is 195 Å². The molecule has 13 rings (SSSR count). The van der Waals surface area contributed by atoms with Gasteiger partial charge in [-0.25, -0.2) is 19.6 Å². The minimum absolute atomic E-state index is 0.301. The molecule has 0 amide bonds. The van der Waals surface area contributed by atoms with Crippen LogP contribution in [0.4, 0.5) is 5.69 Å². The fraction of sp³-hybridized carbons (Fsp3) is 0.362. The van der Waals surface area contributed by atoms with Gasteiger partial charge in [-0.05, 0) is 205 Å². The molecule has 2 fully saturated rings. The second kappa shape index (κ2) is 36.7. The molecular formula is C94H105N5O7. The number of hydrogen-bond donors (Lipinski definition) is 2. The molecule has 0 unspecified atom stereocenters. The first-order chi connectivity index (χ1) is 52.1. The maximum Gasteiger partial charge on any atom is 0.352 e. The number of H-pyrrole nitrogens is 2. The molecular weight excluding hydrogens is 1310 g/mol. The maximum absolute atomic E-state index is 13.9. The zero-order valence-electron chi connectivity index (χ0n) is 62.8. The van der Waals surface area contributed by atoms with E-state index in [9.17, 15) is 9.59 Å². The minimum Gasteiger partial charge on any atom is -0.494 e. The van der Waals surface area contributed by atoms with E-state index in [1.807, 2.05) is 24.3 Å². The zero-order chi connectivity index (χ0) is 73.0. The Morgan fingerprint density at radius 2 is 0.830 bits per heavy atom. The van der Waals surface area contributed by atoms with E-state index in [2.05, 4.69) is 206 Å². The lowest BCUT2D eigenvalue weighted by atomic mass is 9.90. The number of carbonyl (C=O) groups excluding carboxylic acids is 2. The molecule has 0 spiro atoms. The highest BCUT2D eigenvalue weighted by molar-refractivity contribution is 6.00. The third kappa shape index (κ3) is 18.7. The van der Waals surface area contributed by atoms with E-state index >= 15 is 0 Å². The Bertz CT molecular complexity index is 4590. The Morgan fingerprint density at radius 3 is 1.24 bits per heavy atom. The molecule has 12 heteroatoms. The standard InChI is InChI=1S/C94H105N5O7/c1-6-9-12-15-18-24-59-102-75-43-33-68(34-44-75)89-81-51-53-83(95-81)90(69-35-45-76(46-36-69)103-60-25-19-16-13-10-7-2)85-55-57-87(97-85)92(88-58-56-86(98-88)91(84-54-52-82(89)96-84)70-37-47-77(48-38-70)104-61-26-20-17-14-11-8-3)71-39-49-78(50-40-71)106-93(100)66(5)105-94(101)72-31-41-74(42-32-72)99-63-79-65(4)62-73(80(79)64-99)30-29-67-27-22-21-23-28-67/h21-23,27-58,65-66,73,79-80,95,98H,6-20,24-26,59-64H2,1-5H3/b30-29+,89-81?,89-82?,90-83?,90-85?,91-84?,91-86?,92-87?,92-88?/t65-,66+,73+,79+,80-/m1/s1. The number of ether oxygens (including phenoxy) is 5. The molecule has 3 aromatic heterocycles. The summed E-state index contributed by atoms with van der Waals surface area (Å²) in [5.74, 6) is 3.84. The van der Waals surface area contributed by atoms with Crippen molar-refractivity contribution in [3.8, 4) is 67.5 Å². The lowest BCUT2D eigenvalue weighted by Gasteiger charge is -2.22. The monoisotopic (exact) mass is 1420 g/mol. The number of anilines is 1. The van der Waals surface area contributed by atoms with Crippen LogP contribution in [0.15, 0.2) is 182 Å².